The zero-order valence-corrected chi connectivity index (χ0v) is 15.3. The molecule has 2 aromatic carbocycles. The van der Waals surface area contributed by atoms with Crippen LogP contribution in [0, 0.1) is 0 Å². The van der Waals surface area contributed by atoms with Crippen LogP contribution in [0.4, 0.5) is 11.4 Å². The maximum Gasteiger partial charge on any atom is 0.224 e. The van der Waals surface area contributed by atoms with Gasteiger partial charge < -0.3 is 10.6 Å². The molecule has 3 rings (SSSR count). The third kappa shape index (κ3) is 2.57. The van der Waals surface area contributed by atoms with Crippen LogP contribution in [-0.2, 0) is 10.2 Å². The normalized spacial score (nSPS) is 22.1. The largest absolute Gasteiger partial charge is 0.399 e. The number of hydrogen-bond donors (Lipinski definition) is 1. The molecule has 2 aromatic rings. The van der Waals surface area contributed by atoms with Crippen molar-refractivity contribution in [3.8, 4) is 0 Å². The van der Waals surface area contributed by atoms with Gasteiger partial charge in [-0.15, -0.1) is 0 Å². The lowest BCUT2D eigenvalue weighted by Gasteiger charge is -2.51. The molecule has 0 fully saturated rings. The first-order valence-corrected chi connectivity index (χ1v) is 8.50. The van der Waals surface area contributed by atoms with Gasteiger partial charge in [0.15, 0.2) is 0 Å². The van der Waals surface area contributed by atoms with E-state index in [4.69, 9.17) is 17.3 Å². The van der Waals surface area contributed by atoms with E-state index >= 15 is 0 Å². The summed E-state index contributed by atoms with van der Waals surface area (Å²) in [5.41, 5.74) is 9.42. The number of anilines is 2. The molecular formula is C20H23ClN2O. The smallest absolute Gasteiger partial charge is 0.224 e. The van der Waals surface area contributed by atoms with Crippen LogP contribution in [0.25, 0.3) is 0 Å². The van der Waals surface area contributed by atoms with Gasteiger partial charge in [-0.1, -0.05) is 30.7 Å². The van der Waals surface area contributed by atoms with Crippen LogP contribution in [0.5, 0.6) is 0 Å². The number of carbonyl (C=O) groups is 1. The zero-order valence-electron chi connectivity index (χ0n) is 14.6. The third-order valence-electron chi connectivity index (χ3n) is 5.04. The Kier molecular flexibility index (Phi) is 3.88. The third-order valence-corrected chi connectivity index (χ3v) is 5.30. The number of halogens is 1. The zero-order chi connectivity index (χ0) is 17.7. The number of amides is 1. The van der Waals surface area contributed by atoms with Gasteiger partial charge in [0.05, 0.1) is 0 Å². The number of nitrogen functional groups attached to an aromatic ring is 1. The molecule has 1 amide bonds. The van der Waals surface area contributed by atoms with Gasteiger partial charge in [-0.25, -0.2) is 0 Å². The minimum Gasteiger partial charge on any atom is -0.399 e. The van der Waals surface area contributed by atoms with Crippen LogP contribution in [0.15, 0.2) is 42.5 Å². The molecule has 126 valence electrons. The monoisotopic (exact) mass is 342 g/mol. The minimum absolute atomic E-state index is 0.0455. The predicted octanol–water partition coefficient (Wildman–Crippen LogP) is 4.76. The van der Waals surface area contributed by atoms with E-state index in [0.717, 1.165) is 22.7 Å². The summed E-state index contributed by atoms with van der Waals surface area (Å²) >= 11 is 6.07. The van der Waals surface area contributed by atoms with E-state index in [2.05, 4.69) is 32.9 Å². The van der Waals surface area contributed by atoms with Crippen molar-refractivity contribution in [2.75, 3.05) is 10.6 Å². The molecule has 24 heavy (non-hydrogen) atoms. The molecule has 0 saturated heterocycles. The molecule has 1 aliphatic rings. The molecule has 4 heteroatoms. The van der Waals surface area contributed by atoms with Gasteiger partial charge in [-0.2, -0.15) is 0 Å². The number of benzene rings is 2. The van der Waals surface area contributed by atoms with Crippen LogP contribution in [0.1, 0.15) is 45.2 Å². The first-order chi connectivity index (χ1) is 11.1. The molecular weight excluding hydrogens is 320 g/mol. The highest BCUT2D eigenvalue weighted by Gasteiger charge is 2.47. The van der Waals surface area contributed by atoms with Crippen LogP contribution in [0.3, 0.4) is 0 Å². The van der Waals surface area contributed by atoms with Crippen molar-refractivity contribution in [2.45, 2.75) is 45.1 Å². The van der Waals surface area contributed by atoms with E-state index in [0.29, 0.717) is 5.69 Å². The summed E-state index contributed by atoms with van der Waals surface area (Å²) in [7, 11) is 0. The van der Waals surface area contributed by atoms with Crippen LogP contribution < -0.4 is 10.6 Å². The van der Waals surface area contributed by atoms with Crippen molar-refractivity contribution in [3.05, 3.63) is 58.6 Å². The average Bonchev–Trinajstić information content (AvgIpc) is 2.47. The van der Waals surface area contributed by atoms with Crippen molar-refractivity contribution < 1.29 is 4.79 Å². The van der Waals surface area contributed by atoms with Gasteiger partial charge in [0.25, 0.3) is 0 Å². The van der Waals surface area contributed by atoms with Crippen LogP contribution >= 0.6 is 11.6 Å². The quantitative estimate of drug-likeness (QED) is 0.759. The summed E-state index contributed by atoms with van der Waals surface area (Å²) in [6, 6.07) is 13.8. The SMILES string of the molecule is CC(=O)N1c2ccc(N)cc2C(C)(c2ccc(Cl)cc2)CC1(C)C. The maximum absolute atomic E-state index is 12.3. The summed E-state index contributed by atoms with van der Waals surface area (Å²) < 4.78 is 0. The highest BCUT2D eigenvalue weighted by molar-refractivity contribution is 6.30. The molecule has 0 spiro atoms. The van der Waals surface area contributed by atoms with Gasteiger partial charge in [0, 0.05) is 34.3 Å². The number of hydrogen-bond acceptors (Lipinski definition) is 2. The van der Waals surface area contributed by atoms with E-state index in [9.17, 15) is 4.79 Å². The molecule has 0 aliphatic carbocycles. The Morgan fingerprint density at radius 1 is 1.12 bits per heavy atom. The molecule has 0 saturated carbocycles. The minimum atomic E-state index is -0.302. The van der Waals surface area contributed by atoms with Crippen molar-refractivity contribution in [2.24, 2.45) is 0 Å². The average molecular weight is 343 g/mol. The first kappa shape index (κ1) is 16.8. The molecule has 0 aromatic heterocycles. The van der Waals surface area contributed by atoms with E-state index in [1.807, 2.05) is 35.2 Å². The van der Waals surface area contributed by atoms with Crippen LogP contribution in [0.2, 0.25) is 5.02 Å². The van der Waals surface area contributed by atoms with E-state index in [1.54, 1.807) is 6.92 Å². The topological polar surface area (TPSA) is 46.3 Å². The second-order valence-corrected chi connectivity index (χ2v) is 7.90. The Morgan fingerprint density at radius 3 is 2.33 bits per heavy atom. The molecule has 1 heterocycles. The van der Waals surface area contributed by atoms with Gasteiger partial charge in [0.2, 0.25) is 5.91 Å². The molecule has 1 unspecified atom stereocenters. The summed E-state index contributed by atoms with van der Waals surface area (Å²) in [5.74, 6) is 0.0455. The Balaban J connectivity index is 2.28. The second-order valence-electron chi connectivity index (χ2n) is 7.46. The molecule has 2 N–H and O–H groups in total. The number of nitrogens with two attached hydrogens (primary N) is 1. The lowest BCUT2D eigenvalue weighted by Crippen LogP contribution is -2.55. The van der Waals surface area contributed by atoms with E-state index < -0.39 is 0 Å². The summed E-state index contributed by atoms with van der Waals surface area (Å²) in [4.78, 5) is 14.2. The Morgan fingerprint density at radius 2 is 1.75 bits per heavy atom. The fourth-order valence-electron chi connectivity index (χ4n) is 4.23. The predicted molar refractivity (Wildman–Crippen MR) is 101 cm³/mol. The van der Waals surface area contributed by atoms with Gasteiger partial charge >= 0.3 is 0 Å². The van der Waals surface area contributed by atoms with Crippen molar-refractivity contribution in [1.82, 2.24) is 0 Å². The first-order valence-electron chi connectivity index (χ1n) is 8.12. The molecule has 0 bridgehead atoms. The van der Waals surface area contributed by atoms with Gasteiger partial charge in [-0.05, 0) is 61.7 Å². The van der Waals surface area contributed by atoms with Gasteiger partial charge in [-0.3, -0.25) is 4.79 Å². The Bertz CT molecular complexity index is 798. The number of fused-ring (bicyclic) bond motifs is 1. The van der Waals surface area contributed by atoms with Crippen molar-refractivity contribution >= 4 is 28.9 Å². The van der Waals surface area contributed by atoms with E-state index in [1.165, 1.54) is 5.56 Å². The van der Waals surface area contributed by atoms with Crippen molar-refractivity contribution in [3.63, 3.8) is 0 Å². The summed E-state index contributed by atoms with van der Waals surface area (Å²) in [6.45, 7) is 8.06. The lowest BCUT2D eigenvalue weighted by atomic mass is 9.65. The fourth-order valence-corrected chi connectivity index (χ4v) is 4.35. The highest BCUT2D eigenvalue weighted by atomic mass is 35.5. The Labute approximate surface area is 148 Å². The highest BCUT2D eigenvalue weighted by Crippen LogP contribution is 2.51. The number of carbonyl (C=O) groups excluding carboxylic acids is 1. The fraction of sp³-hybridized carbons (Fsp3) is 0.350. The van der Waals surface area contributed by atoms with E-state index in [-0.39, 0.29) is 16.9 Å². The van der Waals surface area contributed by atoms with Crippen LogP contribution in [-0.4, -0.2) is 11.4 Å². The molecule has 1 atom stereocenters. The second kappa shape index (κ2) is 5.52. The molecule has 1 aliphatic heterocycles. The molecule has 0 radical (unpaired) electrons. The maximum atomic E-state index is 12.3. The lowest BCUT2D eigenvalue weighted by molar-refractivity contribution is -0.117. The number of rotatable bonds is 1. The van der Waals surface area contributed by atoms with Gasteiger partial charge in [0.1, 0.15) is 0 Å². The summed E-state index contributed by atoms with van der Waals surface area (Å²) in [5, 5.41) is 0.718. The summed E-state index contributed by atoms with van der Waals surface area (Å²) in [6.07, 6.45) is 0.803. The molecule has 3 nitrogen and oxygen atoms in total. The van der Waals surface area contributed by atoms with Crippen molar-refractivity contribution in [1.29, 1.82) is 0 Å². The Hall–Kier alpha value is -2.00. The number of nitrogens with zero attached hydrogens (tertiary/aromatic N) is 1. The standard InChI is InChI=1S/C20H23ClN2O/c1-13(24)23-18-10-9-16(22)11-17(18)20(4,12-19(23,2)3)14-5-7-15(21)8-6-14/h5-11H,12,22H2,1-4H3.